The van der Waals surface area contributed by atoms with Crippen LogP contribution < -0.4 is 10.2 Å². The van der Waals surface area contributed by atoms with E-state index in [0.717, 1.165) is 57.4 Å². The summed E-state index contributed by atoms with van der Waals surface area (Å²) in [6, 6.07) is 9.54. The van der Waals surface area contributed by atoms with Gasteiger partial charge in [-0.1, -0.05) is 19.9 Å². The molecule has 2 aliphatic rings. The summed E-state index contributed by atoms with van der Waals surface area (Å²) >= 11 is 0. The number of hydrogen-bond acceptors (Lipinski definition) is 5. The molecule has 4 heterocycles. The highest BCUT2D eigenvalue weighted by molar-refractivity contribution is 6.10. The number of pyridine rings is 1. The SMILES string of the molecule is CC.COc1cc2c(=O)c3c4ccc(C#N)cc4[nH]c3n(C(C)C)c2c(F)c1C1CCN(C2CCOCC2)CC1. The van der Waals surface area contributed by atoms with E-state index in [-0.39, 0.29) is 23.2 Å². The fourth-order valence-corrected chi connectivity index (χ4v) is 6.62. The largest absolute Gasteiger partial charge is 0.496 e. The van der Waals surface area contributed by atoms with Gasteiger partial charge in [-0.05, 0) is 76.7 Å². The van der Waals surface area contributed by atoms with Crippen molar-refractivity contribution in [3.05, 3.63) is 51.4 Å². The van der Waals surface area contributed by atoms with Crippen LogP contribution in [-0.4, -0.2) is 53.9 Å². The molecule has 4 aromatic rings. The third-order valence-electron chi connectivity index (χ3n) is 8.48. The lowest BCUT2D eigenvalue weighted by molar-refractivity contribution is 0.0250. The van der Waals surface area contributed by atoms with Crippen LogP contribution in [0, 0.1) is 17.1 Å². The standard InChI is InChI=1S/C30H33FN4O3.C2H6/c1-17(2)35-28-22(29(36)26-21-5-4-18(16-32)14-23(21)33-30(26)35)15-24(37-3)25(27(28)31)19-6-10-34(11-7-19)20-8-12-38-13-9-20;1-2/h4-5,14-15,17,19-20,33H,6-13H2,1-3H3;1-2H3. The first-order valence-corrected chi connectivity index (χ1v) is 14.5. The first-order chi connectivity index (χ1) is 19.4. The average Bonchev–Trinajstić information content (AvgIpc) is 3.37. The molecule has 0 atom stereocenters. The van der Waals surface area contributed by atoms with Gasteiger partial charge in [0.25, 0.3) is 0 Å². The van der Waals surface area contributed by atoms with E-state index in [9.17, 15) is 10.1 Å². The molecular weight excluding hydrogens is 507 g/mol. The van der Waals surface area contributed by atoms with Gasteiger partial charge in [-0.3, -0.25) is 4.79 Å². The lowest BCUT2D eigenvalue weighted by atomic mass is 9.86. The number of nitrogens with zero attached hydrogens (tertiary/aromatic N) is 3. The Bertz CT molecular complexity index is 1630. The van der Waals surface area contributed by atoms with E-state index in [0.29, 0.717) is 50.4 Å². The van der Waals surface area contributed by atoms with Crippen molar-refractivity contribution in [2.75, 3.05) is 33.4 Å². The second-order valence-electron chi connectivity index (χ2n) is 10.9. The number of H-pyrrole nitrogens is 1. The second-order valence-corrected chi connectivity index (χ2v) is 10.9. The van der Waals surface area contributed by atoms with Gasteiger partial charge in [-0.2, -0.15) is 5.26 Å². The Labute approximate surface area is 234 Å². The Morgan fingerprint density at radius 3 is 2.42 bits per heavy atom. The van der Waals surface area contributed by atoms with E-state index in [4.69, 9.17) is 9.47 Å². The van der Waals surface area contributed by atoms with E-state index in [2.05, 4.69) is 16.0 Å². The van der Waals surface area contributed by atoms with Gasteiger partial charge in [0.1, 0.15) is 11.4 Å². The number of ether oxygens (including phenoxy) is 2. The van der Waals surface area contributed by atoms with Gasteiger partial charge in [0.15, 0.2) is 11.2 Å². The molecule has 0 amide bonds. The maximum atomic E-state index is 16.7. The number of nitrogens with one attached hydrogen (secondary N) is 1. The van der Waals surface area contributed by atoms with E-state index in [1.54, 1.807) is 31.4 Å². The van der Waals surface area contributed by atoms with Crippen molar-refractivity contribution < 1.29 is 13.9 Å². The van der Waals surface area contributed by atoms with Crippen molar-refractivity contribution in [2.24, 2.45) is 0 Å². The predicted octanol–water partition coefficient (Wildman–Crippen LogP) is 6.62. The molecule has 1 N–H and O–H groups in total. The van der Waals surface area contributed by atoms with Gasteiger partial charge in [-0.15, -0.1) is 0 Å². The molecule has 0 spiro atoms. The van der Waals surface area contributed by atoms with E-state index >= 15 is 4.39 Å². The smallest absolute Gasteiger partial charge is 0.199 e. The van der Waals surface area contributed by atoms with Crippen molar-refractivity contribution in [3.63, 3.8) is 0 Å². The summed E-state index contributed by atoms with van der Waals surface area (Å²) in [5.41, 5.74) is 2.41. The minimum Gasteiger partial charge on any atom is -0.496 e. The van der Waals surface area contributed by atoms with Crippen LogP contribution in [0.3, 0.4) is 0 Å². The van der Waals surface area contributed by atoms with Crippen molar-refractivity contribution in [1.82, 2.24) is 14.5 Å². The van der Waals surface area contributed by atoms with Crippen LogP contribution in [0.2, 0.25) is 0 Å². The van der Waals surface area contributed by atoms with Crippen LogP contribution >= 0.6 is 0 Å². The molecule has 0 bridgehead atoms. The highest BCUT2D eigenvalue weighted by atomic mass is 19.1. The van der Waals surface area contributed by atoms with Gasteiger partial charge in [-0.25, -0.2) is 4.39 Å². The summed E-state index contributed by atoms with van der Waals surface area (Å²) in [6.07, 6.45) is 3.78. The minimum absolute atomic E-state index is 0.0118. The highest BCUT2D eigenvalue weighted by Gasteiger charge is 2.32. The molecule has 212 valence electrons. The van der Waals surface area contributed by atoms with Gasteiger partial charge in [0.2, 0.25) is 0 Å². The molecular formula is C32H39FN4O3. The lowest BCUT2D eigenvalue weighted by Crippen LogP contribution is -2.43. The summed E-state index contributed by atoms with van der Waals surface area (Å²) in [4.78, 5) is 19.7. The lowest BCUT2D eigenvalue weighted by Gasteiger charge is -2.39. The third-order valence-corrected chi connectivity index (χ3v) is 8.48. The fourth-order valence-electron chi connectivity index (χ4n) is 6.62. The Morgan fingerprint density at radius 1 is 1.10 bits per heavy atom. The van der Waals surface area contributed by atoms with Gasteiger partial charge in [0, 0.05) is 41.8 Å². The first kappa shape index (κ1) is 28.1. The Balaban J connectivity index is 0.00000158. The van der Waals surface area contributed by atoms with E-state index < -0.39 is 0 Å². The van der Waals surface area contributed by atoms with Crippen LogP contribution in [-0.2, 0) is 4.74 Å². The molecule has 0 radical (unpaired) electrons. The van der Waals surface area contributed by atoms with E-state index in [1.807, 2.05) is 32.3 Å². The molecule has 8 heteroatoms. The summed E-state index contributed by atoms with van der Waals surface area (Å²) in [6.45, 7) is 11.4. The predicted molar refractivity (Wildman–Crippen MR) is 158 cm³/mol. The van der Waals surface area contributed by atoms with Crippen molar-refractivity contribution >= 4 is 32.8 Å². The number of aromatic nitrogens is 2. The number of rotatable bonds is 4. The normalized spacial score (nSPS) is 17.4. The first-order valence-electron chi connectivity index (χ1n) is 14.5. The summed E-state index contributed by atoms with van der Waals surface area (Å²) in [5, 5.41) is 10.9. The van der Waals surface area contributed by atoms with E-state index in [1.165, 1.54) is 0 Å². The molecule has 0 saturated carbocycles. The third kappa shape index (κ3) is 4.65. The second kappa shape index (κ2) is 11.6. The number of methoxy groups -OCH3 is 1. The molecule has 2 aromatic heterocycles. The van der Waals surface area contributed by atoms with Crippen LogP contribution in [0.5, 0.6) is 5.75 Å². The van der Waals surface area contributed by atoms with Crippen LogP contribution in [0.4, 0.5) is 4.39 Å². The Morgan fingerprint density at radius 2 is 1.80 bits per heavy atom. The highest BCUT2D eigenvalue weighted by Crippen LogP contribution is 2.41. The fraction of sp³-hybridized carbons (Fsp3) is 0.500. The van der Waals surface area contributed by atoms with Crippen LogP contribution in [0.25, 0.3) is 32.8 Å². The summed E-state index contributed by atoms with van der Waals surface area (Å²) < 4.78 is 29.9. The zero-order valence-electron chi connectivity index (χ0n) is 24.1. The monoisotopic (exact) mass is 546 g/mol. The molecule has 7 nitrogen and oxygen atoms in total. The quantitative estimate of drug-likeness (QED) is 0.311. The van der Waals surface area contributed by atoms with Crippen LogP contribution in [0.15, 0.2) is 29.1 Å². The molecule has 2 aromatic carbocycles. The zero-order chi connectivity index (χ0) is 28.6. The number of hydrogen-bond donors (Lipinski definition) is 1. The van der Waals surface area contributed by atoms with Crippen molar-refractivity contribution in [2.45, 2.75) is 71.4 Å². The Kier molecular flexibility index (Phi) is 8.16. The average molecular weight is 547 g/mol. The van der Waals surface area contributed by atoms with Gasteiger partial charge >= 0.3 is 0 Å². The Hall–Kier alpha value is -3.41. The number of nitriles is 1. The summed E-state index contributed by atoms with van der Waals surface area (Å²) in [5.74, 6) is 0.0866. The maximum absolute atomic E-state index is 16.7. The topological polar surface area (TPSA) is 83.3 Å². The minimum atomic E-state index is -0.368. The number of fused-ring (bicyclic) bond motifs is 4. The summed E-state index contributed by atoms with van der Waals surface area (Å²) in [7, 11) is 1.55. The zero-order valence-corrected chi connectivity index (χ0v) is 24.1. The molecule has 40 heavy (non-hydrogen) atoms. The molecule has 6 rings (SSSR count). The number of aromatic amines is 1. The molecule has 2 aliphatic heterocycles. The van der Waals surface area contributed by atoms with Gasteiger partial charge < -0.3 is 23.9 Å². The number of halogens is 1. The molecule has 0 unspecified atom stereocenters. The number of benzene rings is 2. The molecule has 2 fully saturated rings. The number of piperidine rings is 1. The number of likely N-dealkylation sites (tertiary alicyclic amines) is 1. The molecule has 2 saturated heterocycles. The van der Waals surface area contributed by atoms with Crippen LogP contribution in [0.1, 0.15) is 76.5 Å². The van der Waals surface area contributed by atoms with Gasteiger partial charge in [0.05, 0.1) is 35.0 Å². The maximum Gasteiger partial charge on any atom is 0.199 e. The van der Waals surface area contributed by atoms with Crippen molar-refractivity contribution in [1.29, 1.82) is 5.26 Å². The van der Waals surface area contributed by atoms with Crippen molar-refractivity contribution in [3.8, 4) is 11.8 Å². The molecule has 0 aliphatic carbocycles.